The van der Waals surface area contributed by atoms with Crippen LogP contribution >= 0.6 is 11.6 Å². The van der Waals surface area contributed by atoms with Gasteiger partial charge in [0.2, 0.25) is 5.88 Å². The molecule has 0 fully saturated rings. The third-order valence-electron chi connectivity index (χ3n) is 2.32. The van der Waals surface area contributed by atoms with Gasteiger partial charge in [0.05, 0.1) is 16.3 Å². The molecule has 0 aliphatic rings. The Morgan fingerprint density at radius 2 is 2.15 bits per heavy atom. The number of rotatable bonds is 4. The maximum Gasteiger partial charge on any atom is 0.340 e. The smallest absolute Gasteiger partial charge is 0.340 e. The molecule has 1 N–H and O–H groups in total. The molecule has 20 heavy (non-hydrogen) atoms. The van der Waals surface area contributed by atoms with Gasteiger partial charge in [0, 0.05) is 6.07 Å². The van der Waals surface area contributed by atoms with Crippen LogP contribution in [0.4, 0.5) is 5.88 Å². The van der Waals surface area contributed by atoms with E-state index in [0.29, 0.717) is 5.69 Å². The number of aromatic nitrogens is 1. The summed E-state index contributed by atoms with van der Waals surface area (Å²) in [6.45, 7) is 1.28. The quantitative estimate of drug-likeness (QED) is 0.876. The summed E-state index contributed by atoms with van der Waals surface area (Å²) in [5.74, 6) is -0.998. The molecule has 7 heteroatoms. The first-order valence-electron chi connectivity index (χ1n) is 5.71. The van der Waals surface area contributed by atoms with Gasteiger partial charge in [0.15, 0.2) is 6.61 Å². The van der Waals surface area contributed by atoms with Crippen molar-refractivity contribution in [3.63, 3.8) is 0 Å². The predicted octanol–water partition coefficient (Wildman–Crippen LogP) is 2.43. The van der Waals surface area contributed by atoms with Gasteiger partial charge in [-0.3, -0.25) is 10.1 Å². The predicted molar refractivity (Wildman–Crippen MR) is 71.6 cm³/mol. The fraction of sp³-hybridized carbons (Fsp3) is 0.154. The average molecular weight is 295 g/mol. The molecule has 0 bridgehead atoms. The molecule has 0 aliphatic heterocycles. The Balaban J connectivity index is 1.87. The zero-order valence-corrected chi connectivity index (χ0v) is 11.3. The summed E-state index contributed by atoms with van der Waals surface area (Å²) in [6, 6.07) is 7.98. The van der Waals surface area contributed by atoms with Crippen molar-refractivity contribution in [2.45, 2.75) is 6.92 Å². The molecule has 0 aliphatic carbocycles. The van der Waals surface area contributed by atoms with E-state index in [-0.39, 0.29) is 16.5 Å². The summed E-state index contributed by atoms with van der Waals surface area (Å²) >= 11 is 5.84. The monoisotopic (exact) mass is 294 g/mol. The van der Waals surface area contributed by atoms with Gasteiger partial charge in [0.1, 0.15) is 0 Å². The first kappa shape index (κ1) is 14.1. The summed E-state index contributed by atoms with van der Waals surface area (Å²) in [7, 11) is 0. The molecule has 0 atom stereocenters. The van der Waals surface area contributed by atoms with Crippen LogP contribution in [-0.2, 0) is 9.53 Å². The average Bonchev–Trinajstić information content (AvgIpc) is 2.82. The number of aryl methyl sites for hydroxylation is 1. The lowest BCUT2D eigenvalue weighted by molar-refractivity contribution is -0.119. The van der Waals surface area contributed by atoms with Crippen LogP contribution in [0.1, 0.15) is 16.1 Å². The number of nitrogens with one attached hydrogen (secondary N) is 1. The number of esters is 1. The van der Waals surface area contributed by atoms with Crippen molar-refractivity contribution in [3.05, 3.63) is 46.6 Å². The highest BCUT2D eigenvalue weighted by molar-refractivity contribution is 6.33. The van der Waals surface area contributed by atoms with E-state index in [4.69, 9.17) is 20.9 Å². The Morgan fingerprint density at radius 3 is 2.80 bits per heavy atom. The third kappa shape index (κ3) is 3.58. The number of anilines is 1. The van der Waals surface area contributed by atoms with Gasteiger partial charge < -0.3 is 9.26 Å². The Labute approximate surface area is 119 Å². The summed E-state index contributed by atoms with van der Waals surface area (Å²) in [5.41, 5.74) is 0.839. The molecule has 2 rings (SSSR count). The molecule has 104 valence electrons. The molecule has 0 unspecified atom stereocenters. The second-order valence-corrected chi connectivity index (χ2v) is 4.34. The van der Waals surface area contributed by atoms with Crippen LogP contribution < -0.4 is 5.32 Å². The number of hydrogen-bond acceptors (Lipinski definition) is 5. The Kier molecular flexibility index (Phi) is 4.37. The summed E-state index contributed by atoms with van der Waals surface area (Å²) in [6.07, 6.45) is 0. The van der Waals surface area contributed by atoms with Gasteiger partial charge in [0.25, 0.3) is 5.91 Å². The standard InChI is InChI=1S/C13H11ClN2O4/c1-8-6-12(20-16-8)15-11(17)7-19-13(18)9-4-2-3-5-10(9)14/h2-6H,7H2,1H3,(H,15,17). The lowest BCUT2D eigenvalue weighted by Gasteiger charge is -2.05. The Morgan fingerprint density at radius 1 is 1.40 bits per heavy atom. The highest BCUT2D eigenvalue weighted by Crippen LogP contribution is 2.15. The minimum Gasteiger partial charge on any atom is -0.452 e. The molecule has 2 aromatic rings. The zero-order chi connectivity index (χ0) is 14.5. The summed E-state index contributed by atoms with van der Waals surface area (Å²) in [4.78, 5) is 23.2. The van der Waals surface area contributed by atoms with Gasteiger partial charge >= 0.3 is 5.97 Å². The van der Waals surface area contributed by atoms with E-state index in [1.807, 2.05) is 0 Å². The number of halogens is 1. The number of carbonyl (C=O) groups excluding carboxylic acids is 2. The first-order valence-corrected chi connectivity index (χ1v) is 6.09. The molecule has 1 aromatic heterocycles. The Bertz CT molecular complexity index is 639. The van der Waals surface area contributed by atoms with Crippen molar-refractivity contribution in [2.24, 2.45) is 0 Å². The molecule has 1 amide bonds. The number of carbonyl (C=O) groups is 2. The van der Waals surface area contributed by atoms with Crippen LogP contribution in [0.3, 0.4) is 0 Å². The topological polar surface area (TPSA) is 81.4 Å². The van der Waals surface area contributed by atoms with Crippen molar-refractivity contribution in [1.82, 2.24) is 5.16 Å². The highest BCUT2D eigenvalue weighted by Gasteiger charge is 2.14. The number of benzene rings is 1. The van der Waals surface area contributed by atoms with E-state index >= 15 is 0 Å². The van der Waals surface area contributed by atoms with Crippen molar-refractivity contribution in [1.29, 1.82) is 0 Å². The molecule has 1 heterocycles. The summed E-state index contributed by atoms with van der Waals surface area (Å²) in [5, 5.41) is 6.28. The fourth-order valence-electron chi connectivity index (χ4n) is 1.43. The molecular formula is C13H11ClN2O4. The maximum absolute atomic E-state index is 11.7. The third-order valence-corrected chi connectivity index (χ3v) is 2.65. The molecule has 0 spiro atoms. The molecule has 1 aromatic carbocycles. The van der Waals surface area contributed by atoms with E-state index in [1.165, 1.54) is 6.07 Å². The van der Waals surface area contributed by atoms with Crippen molar-refractivity contribution in [3.8, 4) is 0 Å². The van der Waals surface area contributed by atoms with E-state index in [9.17, 15) is 9.59 Å². The number of nitrogens with zero attached hydrogens (tertiary/aromatic N) is 1. The van der Waals surface area contributed by atoms with Crippen molar-refractivity contribution in [2.75, 3.05) is 11.9 Å². The van der Waals surface area contributed by atoms with Gasteiger partial charge in [-0.1, -0.05) is 28.9 Å². The SMILES string of the molecule is Cc1cc(NC(=O)COC(=O)c2ccccc2Cl)on1. The van der Waals surface area contributed by atoms with Crippen LogP contribution in [-0.4, -0.2) is 23.6 Å². The number of ether oxygens (including phenoxy) is 1. The maximum atomic E-state index is 11.7. The van der Waals surface area contributed by atoms with Crippen LogP contribution in [0.15, 0.2) is 34.9 Å². The fourth-order valence-corrected chi connectivity index (χ4v) is 1.64. The molecular weight excluding hydrogens is 284 g/mol. The van der Waals surface area contributed by atoms with Gasteiger partial charge in [-0.25, -0.2) is 4.79 Å². The molecule has 6 nitrogen and oxygen atoms in total. The second kappa shape index (κ2) is 6.21. The van der Waals surface area contributed by atoms with Gasteiger partial charge in [-0.2, -0.15) is 0 Å². The number of hydrogen-bond donors (Lipinski definition) is 1. The normalized spacial score (nSPS) is 10.1. The van der Waals surface area contributed by atoms with E-state index in [0.717, 1.165) is 0 Å². The van der Waals surface area contributed by atoms with Gasteiger partial charge in [-0.05, 0) is 19.1 Å². The molecule has 0 saturated carbocycles. The molecule has 0 saturated heterocycles. The van der Waals surface area contributed by atoms with E-state index in [2.05, 4.69) is 10.5 Å². The van der Waals surface area contributed by atoms with Crippen molar-refractivity contribution >= 4 is 29.4 Å². The zero-order valence-electron chi connectivity index (χ0n) is 10.6. The minimum absolute atomic E-state index is 0.196. The van der Waals surface area contributed by atoms with Crippen LogP contribution in [0.25, 0.3) is 0 Å². The second-order valence-electron chi connectivity index (χ2n) is 3.94. The number of amides is 1. The van der Waals surface area contributed by atoms with E-state index in [1.54, 1.807) is 31.2 Å². The minimum atomic E-state index is -0.667. The first-order chi connectivity index (χ1) is 9.56. The lowest BCUT2D eigenvalue weighted by atomic mass is 10.2. The van der Waals surface area contributed by atoms with Crippen molar-refractivity contribution < 1.29 is 18.8 Å². The lowest BCUT2D eigenvalue weighted by Crippen LogP contribution is -2.20. The van der Waals surface area contributed by atoms with Crippen LogP contribution in [0, 0.1) is 6.92 Å². The molecule has 0 radical (unpaired) electrons. The Hall–Kier alpha value is -2.34. The highest BCUT2D eigenvalue weighted by atomic mass is 35.5. The van der Waals surface area contributed by atoms with Gasteiger partial charge in [-0.15, -0.1) is 0 Å². The largest absolute Gasteiger partial charge is 0.452 e. The van der Waals surface area contributed by atoms with Crippen LogP contribution in [0.2, 0.25) is 5.02 Å². The summed E-state index contributed by atoms with van der Waals surface area (Å²) < 4.78 is 9.65. The van der Waals surface area contributed by atoms with Crippen LogP contribution in [0.5, 0.6) is 0 Å². The van der Waals surface area contributed by atoms with E-state index < -0.39 is 18.5 Å².